The molecule has 0 N–H and O–H groups in total. The van der Waals surface area contributed by atoms with E-state index in [-0.39, 0.29) is 0 Å². The van der Waals surface area contributed by atoms with Crippen LogP contribution in [-0.2, 0) is 0 Å². The largest absolute Gasteiger partial charge is 0.486 e. The van der Waals surface area contributed by atoms with Crippen molar-refractivity contribution >= 4 is 17.4 Å². The molecule has 0 bridgehead atoms. The Kier molecular flexibility index (Phi) is 5.79. The van der Waals surface area contributed by atoms with Gasteiger partial charge in [0.1, 0.15) is 13.2 Å². The molecule has 1 saturated heterocycles. The second kappa shape index (κ2) is 8.44. The monoisotopic (exact) mass is 384 g/mol. The van der Waals surface area contributed by atoms with Crippen LogP contribution in [0.15, 0.2) is 47.4 Å². The van der Waals surface area contributed by atoms with E-state index in [1.165, 1.54) is 16.1 Å². The van der Waals surface area contributed by atoms with Gasteiger partial charge in [0.2, 0.25) is 0 Å². The van der Waals surface area contributed by atoms with Crippen LogP contribution in [0.1, 0.15) is 18.9 Å². The molecule has 0 aromatic heterocycles. The Bertz CT molecular complexity index is 775. The Morgan fingerprint density at radius 3 is 2.56 bits per heavy atom. The van der Waals surface area contributed by atoms with Crippen LogP contribution in [0.4, 0.5) is 5.69 Å². The number of para-hydroxylation sites is 1. The summed E-state index contributed by atoms with van der Waals surface area (Å²) in [6.45, 7) is 9.90. The first-order chi connectivity index (χ1) is 13.2. The molecule has 2 heterocycles. The highest BCUT2D eigenvalue weighted by Gasteiger charge is 2.26. The van der Waals surface area contributed by atoms with Crippen molar-refractivity contribution in [2.45, 2.75) is 30.5 Å². The van der Waals surface area contributed by atoms with E-state index in [2.05, 4.69) is 60.0 Å². The molecule has 0 amide bonds. The molecule has 0 saturated carbocycles. The van der Waals surface area contributed by atoms with Gasteiger partial charge in [0.05, 0.1) is 11.1 Å². The number of hydrogen-bond donors (Lipinski definition) is 0. The van der Waals surface area contributed by atoms with Crippen LogP contribution in [-0.4, -0.2) is 49.7 Å². The first-order valence-electron chi connectivity index (χ1n) is 9.85. The Labute approximate surface area is 166 Å². The maximum absolute atomic E-state index is 5.91. The van der Waals surface area contributed by atoms with Gasteiger partial charge in [-0.2, -0.15) is 0 Å². The third-order valence-electron chi connectivity index (χ3n) is 5.22. The molecule has 4 rings (SSSR count). The summed E-state index contributed by atoms with van der Waals surface area (Å²) >= 11 is 1.99. The summed E-state index contributed by atoms with van der Waals surface area (Å²) in [6.07, 6.45) is 1.15. The molecule has 0 spiro atoms. The summed E-state index contributed by atoms with van der Waals surface area (Å²) in [7, 11) is 0. The van der Waals surface area contributed by atoms with Crippen molar-refractivity contribution in [2.24, 2.45) is 0 Å². The molecule has 2 aromatic carbocycles. The third kappa shape index (κ3) is 4.19. The number of piperazine rings is 1. The number of nitrogens with zero attached hydrogens (tertiary/aromatic N) is 2. The summed E-state index contributed by atoms with van der Waals surface area (Å²) in [5.74, 6) is 1.79. The molecular weight excluding hydrogens is 356 g/mol. The van der Waals surface area contributed by atoms with E-state index in [0.717, 1.165) is 44.1 Å². The molecule has 1 fully saturated rings. The highest BCUT2D eigenvalue weighted by molar-refractivity contribution is 7.99. The maximum Gasteiger partial charge on any atom is 0.184 e. The van der Waals surface area contributed by atoms with Gasteiger partial charge in [0.25, 0.3) is 0 Å². The van der Waals surface area contributed by atoms with Crippen LogP contribution in [0.3, 0.4) is 0 Å². The number of hydrogen-bond acceptors (Lipinski definition) is 5. The van der Waals surface area contributed by atoms with Gasteiger partial charge in [0.15, 0.2) is 11.5 Å². The minimum absolute atomic E-state index is 0.526. The van der Waals surface area contributed by atoms with Crippen LogP contribution < -0.4 is 14.4 Å². The molecule has 0 aliphatic carbocycles. The number of thioether (sulfide) groups is 1. The SMILES string of the molecule is CCC(Sc1cccc(C)c1)N1CCN(c2cccc3c2OCCO3)CC1. The number of rotatable bonds is 5. The van der Waals surface area contributed by atoms with Crippen LogP contribution in [0.2, 0.25) is 0 Å². The molecule has 1 atom stereocenters. The number of aryl methyl sites for hydroxylation is 1. The van der Waals surface area contributed by atoms with Crippen LogP contribution in [0, 0.1) is 6.92 Å². The van der Waals surface area contributed by atoms with E-state index in [9.17, 15) is 0 Å². The molecule has 144 valence electrons. The molecule has 0 radical (unpaired) electrons. The fourth-order valence-electron chi connectivity index (χ4n) is 3.82. The predicted octanol–water partition coefficient (Wildman–Crippen LogP) is 4.42. The van der Waals surface area contributed by atoms with Crippen molar-refractivity contribution in [1.29, 1.82) is 0 Å². The quantitative estimate of drug-likeness (QED) is 0.711. The molecule has 4 nitrogen and oxygen atoms in total. The van der Waals surface area contributed by atoms with E-state index >= 15 is 0 Å². The Balaban J connectivity index is 1.41. The van der Waals surface area contributed by atoms with Crippen molar-refractivity contribution in [3.05, 3.63) is 48.0 Å². The molecule has 27 heavy (non-hydrogen) atoms. The predicted molar refractivity (Wildman–Crippen MR) is 112 cm³/mol. The maximum atomic E-state index is 5.91. The second-order valence-corrected chi connectivity index (χ2v) is 8.37. The second-order valence-electron chi connectivity index (χ2n) is 7.12. The Morgan fingerprint density at radius 1 is 1.00 bits per heavy atom. The summed E-state index contributed by atoms with van der Waals surface area (Å²) in [6, 6.07) is 15.1. The van der Waals surface area contributed by atoms with Crippen LogP contribution >= 0.6 is 11.8 Å². The first-order valence-corrected chi connectivity index (χ1v) is 10.7. The zero-order valence-electron chi connectivity index (χ0n) is 16.2. The van der Waals surface area contributed by atoms with E-state index in [1.807, 2.05) is 17.8 Å². The van der Waals surface area contributed by atoms with E-state index in [0.29, 0.717) is 18.6 Å². The highest BCUT2D eigenvalue weighted by Crippen LogP contribution is 2.40. The van der Waals surface area contributed by atoms with Crippen molar-refractivity contribution < 1.29 is 9.47 Å². The van der Waals surface area contributed by atoms with Gasteiger partial charge in [0, 0.05) is 31.1 Å². The Morgan fingerprint density at radius 2 is 1.78 bits per heavy atom. The summed E-state index contributed by atoms with van der Waals surface area (Å²) < 4.78 is 11.7. The minimum atomic E-state index is 0.526. The average molecular weight is 385 g/mol. The third-order valence-corrected chi connectivity index (χ3v) is 6.65. The zero-order valence-corrected chi connectivity index (χ0v) is 17.0. The van der Waals surface area contributed by atoms with Gasteiger partial charge < -0.3 is 14.4 Å². The van der Waals surface area contributed by atoms with Crippen molar-refractivity contribution in [3.63, 3.8) is 0 Å². The minimum Gasteiger partial charge on any atom is -0.486 e. The fraction of sp³-hybridized carbons (Fsp3) is 0.455. The lowest BCUT2D eigenvalue weighted by atomic mass is 10.2. The normalized spacial score (nSPS) is 18.4. The Hall–Kier alpha value is -1.85. The van der Waals surface area contributed by atoms with Gasteiger partial charge in [-0.25, -0.2) is 0 Å². The van der Waals surface area contributed by atoms with Gasteiger partial charge in [-0.15, -0.1) is 11.8 Å². The van der Waals surface area contributed by atoms with E-state index < -0.39 is 0 Å². The standard InChI is InChI=1S/C22H28N2O2S/c1-3-21(27-18-7-4-6-17(2)16-18)24-12-10-23(11-13-24)19-8-5-9-20-22(19)26-15-14-25-20/h4-9,16,21H,3,10-15H2,1-2H3. The lowest BCUT2D eigenvalue weighted by molar-refractivity contribution is 0.171. The van der Waals surface area contributed by atoms with Gasteiger partial charge in [-0.3, -0.25) is 4.90 Å². The lowest BCUT2D eigenvalue weighted by Crippen LogP contribution is -2.49. The highest BCUT2D eigenvalue weighted by atomic mass is 32.2. The molecule has 2 aliphatic heterocycles. The number of benzene rings is 2. The van der Waals surface area contributed by atoms with Crippen molar-refractivity contribution in [3.8, 4) is 11.5 Å². The first kappa shape index (κ1) is 18.5. The number of anilines is 1. The van der Waals surface area contributed by atoms with Gasteiger partial charge in [-0.1, -0.05) is 30.7 Å². The molecule has 2 aromatic rings. The number of ether oxygens (including phenoxy) is 2. The summed E-state index contributed by atoms with van der Waals surface area (Å²) in [5.41, 5.74) is 2.50. The van der Waals surface area contributed by atoms with E-state index in [1.54, 1.807) is 0 Å². The lowest BCUT2D eigenvalue weighted by Gasteiger charge is -2.40. The zero-order chi connectivity index (χ0) is 18.6. The smallest absolute Gasteiger partial charge is 0.184 e. The summed E-state index contributed by atoms with van der Waals surface area (Å²) in [4.78, 5) is 6.43. The fourth-order valence-corrected chi connectivity index (χ4v) is 5.07. The number of fused-ring (bicyclic) bond motifs is 1. The molecule has 5 heteroatoms. The summed E-state index contributed by atoms with van der Waals surface area (Å²) in [5, 5.41) is 0.526. The van der Waals surface area contributed by atoms with Crippen molar-refractivity contribution in [1.82, 2.24) is 4.90 Å². The molecule has 2 aliphatic rings. The molecule has 1 unspecified atom stereocenters. The van der Waals surface area contributed by atoms with Crippen molar-refractivity contribution in [2.75, 3.05) is 44.3 Å². The van der Waals surface area contributed by atoms with Crippen LogP contribution in [0.5, 0.6) is 11.5 Å². The average Bonchev–Trinajstić information content (AvgIpc) is 2.72. The van der Waals surface area contributed by atoms with Gasteiger partial charge in [-0.05, 0) is 37.6 Å². The molecular formula is C22H28N2O2S. The topological polar surface area (TPSA) is 24.9 Å². The van der Waals surface area contributed by atoms with E-state index in [4.69, 9.17) is 9.47 Å². The van der Waals surface area contributed by atoms with Gasteiger partial charge >= 0.3 is 0 Å². The van der Waals surface area contributed by atoms with Crippen LogP contribution in [0.25, 0.3) is 0 Å².